The third kappa shape index (κ3) is 3.67. The number of benzene rings is 1. The number of nitro benzene ring substituents is 1. The van der Waals surface area contributed by atoms with E-state index in [1.54, 1.807) is 13.8 Å². The van der Waals surface area contributed by atoms with Crippen molar-refractivity contribution in [3.63, 3.8) is 0 Å². The lowest BCUT2D eigenvalue weighted by Gasteiger charge is -2.08. The topological polar surface area (TPSA) is 114 Å². The lowest BCUT2D eigenvalue weighted by atomic mass is 10.2. The molecule has 0 atom stereocenters. The molecule has 0 bridgehead atoms. The number of hydrogen-bond acceptors (Lipinski definition) is 5. The van der Waals surface area contributed by atoms with E-state index in [1.807, 2.05) is 0 Å². The van der Waals surface area contributed by atoms with Gasteiger partial charge in [0.25, 0.3) is 17.5 Å². The molecular formula is C14H12ClN3O5. The molecule has 9 heteroatoms. The van der Waals surface area contributed by atoms with E-state index < -0.39 is 16.7 Å². The van der Waals surface area contributed by atoms with Crippen molar-refractivity contribution in [3.05, 3.63) is 62.0 Å². The summed E-state index contributed by atoms with van der Waals surface area (Å²) in [6.45, 7) is 3.32. The Morgan fingerprint density at radius 2 is 1.74 bits per heavy atom. The molecule has 0 saturated heterocycles. The van der Waals surface area contributed by atoms with Crippen LogP contribution >= 0.6 is 11.6 Å². The number of amides is 2. The van der Waals surface area contributed by atoms with Gasteiger partial charge in [-0.15, -0.1) is 0 Å². The van der Waals surface area contributed by atoms with Gasteiger partial charge in [-0.3, -0.25) is 30.6 Å². The van der Waals surface area contributed by atoms with Crippen LogP contribution in [0.1, 0.15) is 32.2 Å². The normalized spacial score (nSPS) is 10.2. The first-order valence-electron chi connectivity index (χ1n) is 6.41. The van der Waals surface area contributed by atoms with E-state index in [0.29, 0.717) is 11.5 Å². The van der Waals surface area contributed by atoms with Gasteiger partial charge in [-0.05, 0) is 26.0 Å². The standard InChI is InChI=1S/C14H12ClN3O5/c1-7-5-11(8(2)23-7)14(20)17-16-13(19)10-4-3-9(18(21)22)6-12(10)15/h3-6H,1-2H3,(H,16,19)(H,17,20). The highest BCUT2D eigenvalue weighted by Gasteiger charge is 2.17. The molecule has 0 spiro atoms. The van der Waals surface area contributed by atoms with Crippen molar-refractivity contribution in [3.8, 4) is 0 Å². The van der Waals surface area contributed by atoms with Crippen LogP contribution in [0.3, 0.4) is 0 Å². The van der Waals surface area contributed by atoms with Crippen molar-refractivity contribution < 1.29 is 18.9 Å². The summed E-state index contributed by atoms with van der Waals surface area (Å²) < 4.78 is 5.22. The fraction of sp³-hybridized carbons (Fsp3) is 0.143. The van der Waals surface area contributed by atoms with E-state index in [9.17, 15) is 19.7 Å². The number of halogens is 1. The van der Waals surface area contributed by atoms with Gasteiger partial charge in [0, 0.05) is 12.1 Å². The van der Waals surface area contributed by atoms with E-state index in [4.69, 9.17) is 16.0 Å². The van der Waals surface area contributed by atoms with E-state index in [1.165, 1.54) is 12.1 Å². The Morgan fingerprint density at radius 1 is 1.13 bits per heavy atom. The van der Waals surface area contributed by atoms with Crippen LogP contribution in [0.2, 0.25) is 5.02 Å². The van der Waals surface area contributed by atoms with Crippen LogP contribution in [0.4, 0.5) is 5.69 Å². The van der Waals surface area contributed by atoms with E-state index in [0.717, 1.165) is 12.1 Å². The molecule has 0 saturated carbocycles. The first-order valence-corrected chi connectivity index (χ1v) is 6.79. The molecule has 0 unspecified atom stereocenters. The third-order valence-corrected chi connectivity index (χ3v) is 3.30. The molecular weight excluding hydrogens is 326 g/mol. The second-order valence-corrected chi connectivity index (χ2v) is 5.06. The van der Waals surface area contributed by atoms with Crippen molar-refractivity contribution in [2.75, 3.05) is 0 Å². The van der Waals surface area contributed by atoms with Crippen molar-refractivity contribution in [1.29, 1.82) is 0 Å². The number of nitro groups is 1. The molecule has 1 aromatic carbocycles. The lowest BCUT2D eigenvalue weighted by molar-refractivity contribution is -0.384. The number of rotatable bonds is 3. The van der Waals surface area contributed by atoms with Crippen molar-refractivity contribution >= 4 is 29.1 Å². The smallest absolute Gasteiger partial charge is 0.273 e. The summed E-state index contributed by atoms with van der Waals surface area (Å²) in [4.78, 5) is 33.9. The Morgan fingerprint density at radius 3 is 2.22 bits per heavy atom. The molecule has 2 rings (SSSR count). The maximum absolute atomic E-state index is 12.0. The number of nitrogens with zero attached hydrogens (tertiary/aromatic N) is 1. The minimum atomic E-state index is -0.698. The number of hydrogen-bond donors (Lipinski definition) is 2. The van der Waals surface area contributed by atoms with Crippen molar-refractivity contribution in [2.45, 2.75) is 13.8 Å². The van der Waals surface area contributed by atoms with Crippen LogP contribution in [0, 0.1) is 24.0 Å². The van der Waals surface area contributed by atoms with E-state index in [2.05, 4.69) is 10.9 Å². The quantitative estimate of drug-likeness (QED) is 0.659. The number of furan rings is 1. The summed E-state index contributed by atoms with van der Waals surface area (Å²) in [6.07, 6.45) is 0. The minimum Gasteiger partial charge on any atom is -0.466 e. The Labute approximate surface area is 135 Å². The molecule has 0 fully saturated rings. The number of carbonyl (C=O) groups is 2. The van der Waals surface area contributed by atoms with Crippen molar-refractivity contribution in [1.82, 2.24) is 10.9 Å². The first-order chi connectivity index (χ1) is 10.8. The van der Waals surface area contributed by atoms with Crippen LogP contribution in [0.5, 0.6) is 0 Å². The zero-order chi connectivity index (χ0) is 17.1. The summed E-state index contributed by atoms with van der Waals surface area (Å²) in [5.41, 5.74) is 4.46. The molecule has 0 aliphatic heterocycles. The fourth-order valence-corrected chi connectivity index (χ4v) is 2.17. The Hall–Kier alpha value is -2.87. The molecule has 23 heavy (non-hydrogen) atoms. The van der Waals surface area contributed by atoms with Crippen LogP contribution < -0.4 is 10.9 Å². The summed E-state index contributed by atoms with van der Waals surface area (Å²) in [5.74, 6) is -0.262. The molecule has 2 aromatic rings. The fourth-order valence-electron chi connectivity index (χ4n) is 1.91. The molecule has 0 radical (unpaired) electrons. The van der Waals surface area contributed by atoms with Gasteiger partial charge in [-0.1, -0.05) is 11.6 Å². The Bertz CT molecular complexity index is 800. The van der Waals surface area contributed by atoms with E-state index >= 15 is 0 Å². The molecule has 0 aliphatic carbocycles. The van der Waals surface area contributed by atoms with Crippen molar-refractivity contribution in [2.24, 2.45) is 0 Å². The summed E-state index contributed by atoms with van der Waals surface area (Å²) in [6, 6.07) is 4.94. The zero-order valence-corrected chi connectivity index (χ0v) is 12.9. The third-order valence-electron chi connectivity index (χ3n) is 2.98. The predicted octanol–water partition coefficient (Wildman–Crippen LogP) is 2.53. The second kappa shape index (κ2) is 6.49. The molecule has 0 aliphatic rings. The number of carbonyl (C=O) groups excluding carboxylic acids is 2. The lowest BCUT2D eigenvalue weighted by Crippen LogP contribution is -2.41. The van der Waals surface area contributed by atoms with Gasteiger partial charge in [-0.2, -0.15) is 0 Å². The second-order valence-electron chi connectivity index (χ2n) is 4.66. The molecule has 2 N–H and O–H groups in total. The number of non-ortho nitro benzene ring substituents is 1. The van der Waals surface area contributed by atoms with Gasteiger partial charge in [0.1, 0.15) is 11.5 Å². The highest BCUT2D eigenvalue weighted by Crippen LogP contribution is 2.22. The number of nitrogens with one attached hydrogen (secondary N) is 2. The maximum Gasteiger partial charge on any atom is 0.273 e. The van der Waals surface area contributed by atoms with Crippen LogP contribution in [0.25, 0.3) is 0 Å². The average molecular weight is 338 g/mol. The maximum atomic E-state index is 12.0. The predicted molar refractivity (Wildman–Crippen MR) is 81.2 cm³/mol. The molecule has 2 amide bonds. The number of hydrazine groups is 1. The Kier molecular flexibility index (Phi) is 4.65. The SMILES string of the molecule is Cc1cc(C(=O)NNC(=O)c2ccc([N+](=O)[O-])cc2Cl)c(C)o1. The van der Waals surface area contributed by atoms with Gasteiger partial charge in [0.2, 0.25) is 0 Å². The van der Waals surface area contributed by atoms with Crippen LogP contribution in [-0.2, 0) is 0 Å². The zero-order valence-electron chi connectivity index (χ0n) is 12.2. The highest BCUT2D eigenvalue weighted by molar-refractivity contribution is 6.34. The molecule has 8 nitrogen and oxygen atoms in total. The first kappa shape index (κ1) is 16.5. The monoisotopic (exact) mass is 337 g/mol. The highest BCUT2D eigenvalue weighted by atomic mass is 35.5. The molecule has 1 heterocycles. The van der Waals surface area contributed by atoms with Crippen LogP contribution in [0.15, 0.2) is 28.7 Å². The molecule has 120 valence electrons. The van der Waals surface area contributed by atoms with E-state index in [-0.39, 0.29) is 21.8 Å². The van der Waals surface area contributed by atoms with Gasteiger partial charge in [-0.25, -0.2) is 0 Å². The average Bonchev–Trinajstić information content (AvgIpc) is 2.83. The summed E-state index contributed by atoms with van der Waals surface area (Å²) >= 11 is 5.84. The largest absolute Gasteiger partial charge is 0.466 e. The van der Waals surface area contributed by atoms with Gasteiger partial charge >= 0.3 is 0 Å². The van der Waals surface area contributed by atoms with Gasteiger partial charge in [0.05, 0.1) is 21.1 Å². The van der Waals surface area contributed by atoms with Crippen LogP contribution in [-0.4, -0.2) is 16.7 Å². The summed E-state index contributed by atoms with van der Waals surface area (Å²) in [5, 5.41) is 10.5. The molecule has 1 aromatic heterocycles. The number of aryl methyl sites for hydroxylation is 2. The Balaban J connectivity index is 2.06. The van der Waals surface area contributed by atoms with Gasteiger partial charge < -0.3 is 4.42 Å². The summed E-state index contributed by atoms with van der Waals surface area (Å²) in [7, 11) is 0. The van der Waals surface area contributed by atoms with Gasteiger partial charge in [0.15, 0.2) is 0 Å². The minimum absolute atomic E-state index is 0.00216.